The summed E-state index contributed by atoms with van der Waals surface area (Å²) in [6.45, 7) is -0.950. The Hall–Kier alpha value is -1.79. The Balaban J connectivity index is 2.09. The molecule has 0 fully saturated rings. The Morgan fingerprint density at radius 2 is 2.15 bits per heavy atom. The molecule has 0 spiro atoms. The van der Waals surface area contributed by atoms with E-state index >= 15 is 0 Å². The summed E-state index contributed by atoms with van der Waals surface area (Å²) in [6.07, 6.45) is -4.96. The fourth-order valence-electron chi connectivity index (χ4n) is 2.15. The molecule has 0 aliphatic carbocycles. The highest BCUT2D eigenvalue weighted by atomic mass is 19.4. The highest BCUT2D eigenvalue weighted by Crippen LogP contribution is 2.29. The van der Waals surface area contributed by atoms with Gasteiger partial charge in [-0.3, -0.25) is 4.79 Å². The van der Waals surface area contributed by atoms with Gasteiger partial charge < -0.3 is 10.1 Å². The highest BCUT2D eigenvalue weighted by Gasteiger charge is 2.29. The third-order valence-corrected chi connectivity index (χ3v) is 2.92. The van der Waals surface area contributed by atoms with Gasteiger partial charge >= 0.3 is 6.18 Å². The van der Waals surface area contributed by atoms with E-state index in [0.717, 1.165) is 0 Å². The largest absolute Gasteiger partial charge is 0.491 e. The zero-order valence-electron chi connectivity index (χ0n) is 10.5. The Morgan fingerprint density at radius 3 is 2.80 bits per heavy atom. The first kappa shape index (κ1) is 14.6. The number of carbonyl (C=O) groups is 1. The molecule has 0 bridgehead atoms. The molecule has 0 saturated carbocycles. The molecule has 1 heterocycles. The smallest absolute Gasteiger partial charge is 0.393 e. The molecule has 0 unspecified atom stereocenters. The number of fused-ring (bicyclic) bond motifs is 1. The maximum Gasteiger partial charge on any atom is 0.393 e. The number of amides is 1. The minimum atomic E-state index is -4.27. The van der Waals surface area contributed by atoms with Crippen molar-refractivity contribution in [2.24, 2.45) is 0 Å². The van der Waals surface area contributed by atoms with Gasteiger partial charge in [0.1, 0.15) is 12.4 Å². The number of halogens is 4. The van der Waals surface area contributed by atoms with Crippen LogP contribution < -0.4 is 10.1 Å². The van der Waals surface area contributed by atoms with Crippen molar-refractivity contribution < 1.29 is 27.1 Å². The van der Waals surface area contributed by atoms with E-state index in [1.807, 2.05) is 0 Å². The van der Waals surface area contributed by atoms with Crippen LogP contribution in [0.25, 0.3) is 0 Å². The second-order valence-corrected chi connectivity index (χ2v) is 4.65. The van der Waals surface area contributed by atoms with Gasteiger partial charge in [0.15, 0.2) is 6.67 Å². The van der Waals surface area contributed by atoms with Crippen LogP contribution in [0.2, 0.25) is 0 Å². The standard InChI is InChI=1S/C13H13F4NO2/c14-6-12(19)18-10-4-9-3-8(5-13(15,16)17)1-2-11(9)20-7-10/h1-3,10H,4-7H2,(H,18,19)/t10-/m1/s1. The molecule has 0 radical (unpaired) electrons. The van der Waals surface area contributed by atoms with Gasteiger partial charge in [-0.1, -0.05) is 12.1 Å². The van der Waals surface area contributed by atoms with Gasteiger partial charge in [0.05, 0.1) is 12.5 Å². The van der Waals surface area contributed by atoms with Gasteiger partial charge in [0, 0.05) is 0 Å². The van der Waals surface area contributed by atoms with E-state index in [1.54, 1.807) is 0 Å². The second kappa shape index (κ2) is 5.68. The van der Waals surface area contributed by atoms with Crippen molar-refractivity contribution in [1.82, 2.24) is 5.32 Å². The third-order valence-electron chi connectivity index (χ3n) is 2.92. The van der Waals surface area contributed by atoms with Crippen LogP contribution in [0.4, 0.5) is 17.6 Å². The summed E-state index contributed by atoms with van der Waals surface area (Å²) in [4.78, 5) is 11.0. The number of rotatable bonds is 3. The van der Waals surface area contributed by atoms with Gasteiger partial charge in [-0.05, 0) is 23.6 Å². The van der Waals surface area contributed by atoms with Crippen molar-refractivity contribution in [3.8, 4) is 5.75 Å². The zero-order chi connectivity index (χ0) is 14.8. The SMILES string of the molecule is O=C(CF)N[C@H]1COc2ccc(CC(F)(F)F)cc2C1. The molecule has 1 aliphatic rings. The average Bonchev–Trinajstić information content (AvgIpc) is 2.36. The molecule has 1 atom stereocenters. The van der Waals surface area contributed by atoms with Crippen molar-refractivity contribution in [1.29, 1.82) is 0 Å². The molecule has 2 rings (SSSR count). The molecule has 1 aromatic carbocycles. The molecular formula is C13H13F4NO2. The van der Waals surface area contributed by atoms with Crippen LogP contribution >= 0.6 is 0 Å². The third kappa shape index (κ3) is 3.85. The topological polar surface area (TPSA) is 38.3 Å². The lowest BCUT2D eigenvalue weighted by molar-refractivity contribution is -0.127. The summed E-state index contributed by atoms with van der Waals surface area (Å²) in [5, 5.41) is 2.42. The van der Waals surface area contributed by atoms with Gasteiger partial charge in [-0.15, -0.1) is 0 Å². The normalized spacial score (nSPS) is 18.1. The predicted molar refractivity (Wildman–Crippen MR) is 63.3 cm³/mol. The van der Waals surface area contributed by atoms with E-state index in [0.29, 0.717) is 17.7 Å². The number of nitrogens with one attached hydrogen (secondary N) is 1. The van der Waals surface area contributed by atoms with Crippen LogP contribution in [0.1, 0.15) is 11.1 Å². The number of alkyl halides is 4. The summed E-state index contributed by atoms with van der Waals surface area (Å²) < 4.78 is 54.5. The lowest BCUT2D eigenvalue weighted by Gasteiger charge is -2.26. The first-order chi connectivity index (χ1) is 9.37. The monoisotopic (exact) mass is 291 g/mol. The summed E-state index contributed by atoms with van der Waals surface area (Å²) in [5.74, 6) is -0.254. The van der Waals surface area contributed by atoms with Crippen LogP contribution in [-0.4, -0.2) is 31.4 Å². The van der Waals surface area contributed by atoms with Crippen molar-refractivity contribution in [2.45, 2.75) is 25.1 Å². The summed E-state index contributed by atoms with van der Waals surface area (Å²) in [5.41, 5.74) is 0.722. The Labute approximate surface area is 112 Å². The molecule has 0 saturated heterocycles. The minimum absolute atomic E-state index is 0.136. The number of hydrogen-bond acceptors (Lipinski definition) is 2. The number of ether oxygens (including phenoxy) is 1. The molecule has 3 nitrogen and oxygen atoms in total. The molecule has 1 N–H and O–H groups in total. The number of carbonyl (C=O) groups excluding carboxylic acids is 1. The van der Waals surface area contributed by atoms with E-state index in [9.17, 15) is 22.4 Å². The fourth-order valence-corrected chi connectivity index (χ4v) is 2.15. The fraction of sp³-hybridized carbons (Fsp3) is 0.462. The quantitative estimate of drug-likeness (QED) is 0.867. The van der Waals surface area contributed by atoms with E-state index in [1.165, 1.54) is 18.2 Å². The van der Waals surface area contributed by atoms with Crippen molar-refractivity contribution in [3.05, 3.63) is 29.3 Å². The molecule has 20 heavy (non-hydrogen) atoms. The van der Waals surface area contributed by atoms with Crippen molar-refractivity contribution in [3.63, 3.8) is 0 Å². The summed E-state index contributed by atoms with van der Waals surface area (Å²) in [6, 6.07) is 3.85. The van der Waals surface area contributed by atoms with E-state index in [-0.39, 0.29) is 12.2 Å². The first-order valence-electron chi connectivity index (χ1n) is 6.04. The van der Waals surface area contributed by atoms with Crippen LogP contribution in [-0.2, 0) is 17.6 Å². The zero-order valence-corrected chi connectivity index (χ0v) is 10.5. The van der Waals surface area contributed by atoms with E-state index < -0.39 is 31.2 Å². The maximum atomic E-state index is 12.3. The Morgan fingerprint density at radius 1 is 1.40 bits per heavy atom. The van der Waals surface area contributed by atoms with Gasteiger partial charge in [0.2, 0.25) is 0 Å². The summed E-state index contributed by atoms with van der Waals surface area (Å²) >= 11 is 0. The molecule has 1 amide bonds. The molecule has 1 aromatic rings. The second-order valence-electron chi connectivity index (χ2n) is 4.65. The molecule has 110 valence electrons. The first-order valence-corrected chi connectivity index (χ1v) is 6.04. The lowest BCUT2D eigenvalue weighted by atomic mass is 9.99. The minimum Gasteiger partial charge on any atom is -0.491 e. The highest BCUT2D eigenvalue weighted by molar-refractivity contribution is 5.77. The van der Waals surface area contributed by atoms with Gasteiger partial charge in [-0.2, -0.15) is 13.2 Å². The number of hydrogen-bond donors (Lipinski definition) is 1. The van der Waals surface area contributed by atoms with Crippen LogP contribution in [0, 0.1) is 0 Å². The lowest BCUT2D eigenvalue weighted by Crippen LogP contribution is -2.43. The van der Waals surface area contributed by atoms with Crippen LogP contribution in [0.15, 0.2) is 18.2 Å². The van der Waals surface area contributed by atoms with Crippen molar-refractivity contribution >= 4 is 5.91 Å². The maximum absolute atomic E-state index is 12.3. The molecule has 7 heteroatoms. The van der Waals surface area contributed by atoms with E-state index in [2.05, 4.69) is 5.32 Å². The number of benzene rings is 1. The van der Waals surface area contributed by atoms with Crippen LogP contribution in [0.3, 0.4) is 0 Å². The predicted octanol–water partition coefficient (Wildman–Crippen LogP) is 2.18. The Bertz CT molecular complexity index is 502. The Kier molecular flexibility index (Phi) is 4.15. The molecular weight excluding hydrogens is 278 g/mol. The van der Waals surface area contributed by atoms with E-state index in [4.69, 9.17) is 4.74 Å². The summed E-state index contributed by atoms with van der Waals surface area (Å²) in [7, 11) is 0. The van der Waals surface area contributed by atoms with Gasteiger partial charge in [0.25, 0.3) is 5.91 Å². The van der Waals surface area contributed by atoms with Crippen molar-refractivity contribution in [2.75, 3.05) is 13.3 Å². The average molecular weight is 291 g/mol. The molecule has 1 aliphatic heterocycles. The molecule has 0 aromatic heterocycles. The van der Waals surface area contributed by atoms with Crippen LogP contribution in [0.5, 0.6) is 5.75 Å². The van der Waals surface area contributed by atoms with Gasteiger partial charge in [-0.25, -0.2) is 4.39 Å².